The van der Waals surface area contributed by atoms with Crippen molar-refractivity contribution in [3.63, 3.8) is 0 Å². The molecule has 7 heteroatoms. The first-order valence-electron chi connectivity index (χ1n) is 8.60. The van der Waals surface area contributed by atoms with Crippen molar-refractivity contribution >= 4 is 21.8 Å². The lowest BCUT2D eigenvalue weighted by Gasteiger charge is -2.43. The maximum Gasteiger partial charge on any atom is 0.276 e. The highest BCUT2D eigenvalue weighted by Crippen LogP contribution is 2.40. The van der Waals surface area contributed by atoms with Crippen LogP contribution in [0.3, 0.4) is 0 Å². The molecule has 5 rings (SSSR count). The number of hydrogen-bond donors (Lipinski definition) is 0. The molecule has 0 spiro atoms. The molecular weight excluding hydrogens is 376 g/mol. The number of rotatable bonds is 4. The van der Waals surface area contributed by atoms with Crippen LogP contribution in [0.1, 0.15) is 43.1 Å². The van der Waals surface area contributed by atoms with Crippen LogP contribution in [0, 0.1) is 5.92 Å². The first-order valence-corrected chi connectivity index (χ1v) is 9.39. The molecule has 1 saturated carbocycles. The van der Waals surface area contributed by atoms with E-state index in [4.69, 9.17) is 9.47 Å². The summed E-state index contributed by atoms with van der Waals surface area (Å²) in [6, 6.07) is 0.228. The number of carbonyl (C=O) groups excluding carboxylic acids is 1. The van der Waals surface area contributed by atoms with Crippen LogP contribution in [-0.2, 0) is 11.3 Å². The maximum atomic E-state index is 13.1. The van der Waals surface area contributed by atoms with Gasteiger partial charge in [-0.25, -0.2) is 0 Å². The molecule has 0 radical (unpaired) electrons. The highest BCUT2D eigenvalue weighted by Gasteiger charge is 2.47. The monoisotopic (exact) mass is 396 g/mol. The van der Waals surface area contributed by atoms with E-state index in [9.17, 15) is 9.59 Å². The Bertz CT molecular complexity index is 726. The fourth-order valence-electron chi connectivity index (χ4n) is 3.78. The van der Waals surface area contributed by atoms with Gasteiger partial charge in [0.1, 0.15) is 0 Å². The van der Waals surface area contributed by atoms with E-state index in [1.165, 1.54) is 0 Å². The van der Waals surface area contributed by atoms with Gasteiger partial charge in [0.25, 0.3) is 5.91 Å². The third kappa shape index (κ3) is 2.49. The predicted molar refractivity (Wildman–Crippen MR) is 91.2 cm³/mol. The molecule has 1 aliphatic carbocycles. The van der Waals surface area contributed by atoms with E-state index < -0.39 is 0 Å². The Labute approximate surface area is 148 Å². The fraction of sp³-hybridized carbons (Fsp3) is 0.647. The van der Waals surface area contributed by atoms with Crippen LogP contribution in [-0.4, -0.2) is 40.9 Å². The first-order chi connectivity index (χ1) is 11.6. The molecule has 1 aromatic rings. The third-order valence-electron chi connectivity index (χ3n) is 5.17. The second-order valence-electron chi connectivity index (χ2n) is 6.83. The summed E-state index contributed by atoms with van der Waals surface area (Å²) in [5.41, 5.74) is 0.107. The lowest BCUT2D eigenvalue weighted by Crippen LogP contribution is -2.55. The maximum absolute atomic E-state index is 13.1. The minimum absolute atomic E-state index is 0.146. The number of ether oxygens (including phenoxy) is 2. The van der Waals surface area contributed by atoms with E-state index in [-0.39, 0.29) is 29.4 Å². The molecule has 1 unspecified atom stereocenters. The van der Waals surface area contributed by atoms with Crippen LogP contribution in [0.5, 0.6) is 5.75 Å². The number of hydrogen-bond acceptors (Lipinski definition) is 4. The van der Waals surface area contributed by atoms with Crippen molar-refractivity contribution in [1.29, 1.82) is 0 Å². The van der Waals surface area contributed by atoms with Gasteiger partial charge in [-0.15, -0.1) is 0 Å². The average molecular weight is 397 g/mol. The van der Waals surface area contributed by atoms with E-state index in [1.54, 1.807) is 10.8 Å². The highest BCUT2D eigenvalue weighted by atomic mass is 79.9. The minimum Gasteiger partial charge on any atom is -0.487 e. The topological polar surface area (TPSA) is 60.8 Å². The normalized spacial score (nSPS) is 27.8. The van der Waals surface area contributed by atoms with Crippen LogP contribution < -0.4 is 10.2 Å². The van der Waals surface area contributed by atoms with Crippen LogP contribution in [0.2, 0.25) is 0 Å². The van der Waals surface area contributed by atoms with Gasteiger partial charge in [0.15, 0.2) is 17.7 Å². The Morgan fingerprint density at radius 3 is 2.92 bits per heavy atom. The molecule has 6 nitrogen and oxygen atoms in total. The van der Waals surface area contributed by atoms with Gasteiger partial charge in [0, 0.05) is 12.2 Å². The van der Waals surface area contributed by atoms with Crippen molar-refractivity contribution < 1.29 is 14.3 Å². The summed E-state index contributed by atoms with van der Waals surface area (Å²) in [5, 5.41) is 0. The zero-order chi connectivity index (χ0) is 16.8. The number of halogens is 1. The summed E-state index contributed by atoms with van der Waals surface area (Å²) in [6.45, 7) is 3.74. The van der Waals surface area contributed by atoms with E-state index in [0.717, 1.165) is 25.7 Å². The quantitative estimate of drug-likeness (QED) is 0.733. The van der Waals surface area contributed by atoms with Gasteiger partial charge in [-0.2, -0.15) is 0 Å². The second kappa shape index (κ2) is 6.19. The van der Waals surface area contributed by atoms with Crippen LogP contribution in [0.25, 0.3) is 0 Å². The summed E-state index contributed by atoms with van der Waals surface area (Å²) in [6.07, 6.45) is 5.24. The standard InChI is InChI=1S/C17H21BrN2O4/c1-2-3-4-23-16-14-17(22)20-11-5-10(6-11)9-24-13(20)8-19(14)7-12(18)15(16)21/h7,10-11,13H,2-6,8-9H2,1H3. The van der Waals surface area contributed by atoms with Crippen molar-refractivity contribution in [2.24, 2.45) is 5.92 Å². The van der Waals surface area contributed by atoms with E-state index in [0.29, 0.717) is 35.8 Å². The largest absolute Gasteiger partial charge is 0.487 e. The molecule has 2 saturated heterocycles. The zero-order valence-corrected chi connectivity index (χ0v) is 15.3. The van der Waals surface area contributed by atoms with Crippen molar-refractivity contribution in [3.05, 3.63) is 26.6 Å². The summed E-state index contributed by atoms with van der Waals surface area (Å²) >= 11 is 3.30. The highest BCUT2D eigenvalue weighted by molar-refractivity contribution is 9.10. The van der Waals surface area contributed by atoms with Gasteiger partial charge in [0.2, 0.25) is 5.43 Å². The number of pyridine rings is 1. The molecule has 130 valence electrons. The number of unbranched alkanes of at least 4 members (excludes halogenated alkanes) is 1. The summed E-state index contributed by atoms with van der Waals surface area (Å²) in [4.78, 5) is 27.5. The van der Waals surface area contributed by atoms with Crippen molar-refractivity contribution in [3.8, 4) is 5.75 Å². The smallest absolute Gasteiger partial charge is 0.276 e. The molecule has 0 aromatic carbocycles. The Kier molecular flexibility index (Phi) is 4.16. The Balaban J connectivity index is 1.75. The molecule has 1 amide bonds. The number of fused-ring (bicyclic) bond motifs is 2. The Morgan fingerprint density at radius 2 is 2.17 bits per heavy atom. The Hall–Kier alpha value is -1.34. The molecule has 2 bridgehead atoms. The van der Waals surface area contributed by atoms with Crippen LogP contribution >= 0.6 is 15.9 Å². The molecule has 3 fully saturated rings. The summed E-state index contributed by atoms with van der Waals surface area (Å²) < 4.78 is 13.9. The third-order valence-corrected chi connectivity index (χ3v) is 5.73. The predicted octanol–water partition coefficient (Wildman–Crippen LogP) is 2.38. The zero-order valence-electron chi connectivity index (χ0n) is 13.7. The number of nitrogens with zero attached hydrogens (tertiary/aromatic N) is 2. The Morgan fingerprint density at radius 1 is 1.38 bits per heavy atom. The van der Waals surface area contributed by atoms with Crippen LogP contribution in [0.4, 0.5) is 0 Å². The van der Waals surface area contributed by atoms with Gasteiger partial charge >= 0.3 is 0 Å². The molecule has 0 N–H and O–H groups in total. The first kappa shape index (κ1) is 16.1. The molecule has 1 aromatic heterocycles. The number of carbonyl (C=O) groups is 1. The number of aromatic nitrogens is 1. The summed E-state index contributed by atoms with van der Waals surface area (Å²) in [5.74, 6) is 0.581. The molecule has 1 atom stereocenters. The summed E-state index contributed by atoms with van der Waals surface area (Å²) in [7, 11) is 0. The van der Waals surface area contributed by atoms with E-state index >= 15 is 0 Å². The fourth-order valence-corrected chi connectivity index (χ4v) is 4.20. The average Bonchev–Trinajstić information content (AvgIpc) is 2.80. The lowest BCUT2D eigenvalue weighted by molar-refractivity contribution is -0.0528. The minimum atomic E-state index is -0.258. The van der Waals surface area contributed by atoms with Crippen molar-refractivity contribution in [2.75, 3.05) is 13.2 Å². The van der Waals surface area contributed by atoms with Crippen molar-refractivity contribution in [1.82, 2.24) is 9.47 Å². The van der Waals surface area contributed by atoms with Gasteiger partial charge in [-0.05, 0) is 41.1 Å². The molecule has 4 aliphatic rings. The SMILES string of the molecule is CCCCOc1c2n(cc(Br)c1=O)CC1OCC3CC(C3)N1C2=O. The molecule has 3 aliphatic heterocycles. The second-order valence-corrected chi connectivity index (χ2v) is 7.68. The van der Waals surface area contributed by atoms with Gasteiger partial charge < -0.3 is 18.9 Å². The molecule has 4 heterocycles. The van der Waals surface area contributed by atoms with Gasteiger partial charge in [0.05, 0.1) is 24.2 Å². The van der Waals surface area contributed by atoms with E-state index in [1.807, 2.05) is 4.90 Å². The number of amides is 1. The van der Waals surface area contributed by atoms with Crippen molar-refractivity contribution in [2.45, 2.75) is 51.4 Å². The van der Waals surface area contributed by atoms with Gasteiger partial charge in [-0.1, -0.05) is 13.3 Å². The molecular formula is C17H21BrN2O4. The van der Waals surface area contributed by atoms with Crippen LogP contribution in [0.15, 0.2) is 15.5 Å². The van der Waals surface area contributed by atoms with Gasteiger partial charge in [-0.3, -0.25) is 9.59 Å². The van der Waals surface area contributed by atoms with E-state index in [2.05, 4.69) is 22.9 Å². The lowest BCUT2D eigenvalue weighted by atomic mass is 9.80. The molecule has 24 heavy (non-hydrogen) atoms.